The number of fused-ring (bicyclic) bond motifs is 1. The molecule has 1 aromatic carbocycles. The molecule has 2 aromatic rings. The van der Waals surface area contributed by atoms with Gasteiger partial charge in [0.25, 0.3) is 0 Å². The van der Waals surface area contributed by atoms with Crippen molar-refractivity contribution in [1.29, 1.82) is 0 Å². The number of hydrogen-bond acceptors (Lipinski definition) is 5. The smallest absolute Gasteiger partial charge is 0.228 e. The number of anilines is 1. The summed E-state index contributed by atoms with van der Waals surface area (Å²) in [6.45, 7) is 4.76. The van der Waals surface area contributed by atoms with Crippen LogP contribution in [0, 0.1) is 12.7 Å². The molecule has 1 amide bonds. The van der Waals surface area contributed by atoms with Crippen molar-refractivity contribution >= 4 is 21.7 Å². The second-order valence-electron chi connectivity index (χ2n) is 8.17. The first kappa shape index (κ1) is 21.8. The Kier molecular flexibility index (Phi) is 6.07. The number of amides is 1. The van der Waals surface area contributed by atoms with E-state index in [9.17, 15) is 17.6 Å². The highest BCUT2D eigenvalue weighted by Gasteiger charge is 2.33. The van der Waals surface area contributed by atoms with Crippen molar-refractivity contribution in [3.8, 4) is 0 Å². The van der Waals surface area contributed by atoms with Gasteiger partial charge in [0.1, 0.15) is 17.5 Å². The van der Waals surface area contributed by atoms with Gasteiger partial charge in [0.2, 0.25) is 15.9 Å². The Hall–Kier alpha value is -2.39. The quantitative estimate of drug-likeness (QED) is 0.705. The van der Waals surface area contributed by atoms with Crippen LogP contribution in [-0.4, -0.2) is 47.4 Å². The minimum Gasteiger partial charge on any atom is -0.292 e. The van der Waals surface area contributed by atoms with E-state index in [0.29, 0.717) is 44.1 Å². The van der Waals surface area contributed by atoms with Crippen molar-refractivity contribution in [3.05, 3.63) is 52.7 Å². The monoisotopic (exact) mass is 446 g/mol. The zero-order chi connectivity index (χ0) is 22.2. The lowest BCUT2D eigenvalue weighted by atomic mass is 9.97. The number of aryl methyl sites for hydroxylation is 1. The van der Waals surface area contributed by atoms with E-state index in [1.165, 1.54) is 16.4 Å². The SMILES string of the molecule is CCS(=O)(=O)N1CCC[C@@H](c2nc(C)c3c(n2)N(Cc2ccc(F)cc2)C(=O)CC3)C1. The average Bonchev–Trinajstić information content (AvgIpc) is 2.77. The predicted octanol–water partition coefficient (Wildman–Crippen LogP) is 2.93. The Labute approximate surface area is 182 Å². The lowest BCUT2D eigenvalue weighted by Crippen LogP contribution is -2.41. The summed E-state index contributed by atoms with van der Waals surface area (Å²) in [6.07, 6.45) is 2.52. The highest BCUT2D eigenvalue weighted by atomic mass is 32.2. The molecule has 0 aliphatic carbocycles. The summed E-state index contributed by atoms with van der Waals surface area (Å²) in [5.74, 6) is 0.801. The first-order valence-electron chi connectivity index (χ1n) is 10.7. The largest absolute Gasteiger partial charge is 0.292 e. The Morgan fingerprint density at radius 3 is 2.61 bits per heavy atom. The highest BCUT2D eigenvalue weighted by molar-refractivity contribution is 7.89. The summed E-state index contributed by atoms with van der Waals surface area (Å²) in [7, 11) is -3.27. The maximum atomic E-state index is 13.3. The molecule has 31 heavy (non-hydrogen) atoms. The Morgan fingerprint density at radius 1 is 1.16 bits per heavy atom. The van der Waals surface area contributed by atoms with Gasteiger partial charge in [-0.25, -0.2) is 27.1 Å². The fourth-order valence-corrected chi connectivity index (χ4v) is 5.49. The molecular weight excluding hydrogens is 419 g/mol. The lowest BCUT2D eigenvalue weighted by Gasteiger charge is -2.33. The summed E-state index contributed by atoms with van der Waals surface area (Å²) >= 11 is 0. The Bertz CT molecular complexity index is 1090. The van der Waals surface area contributed by atoms with Gasteiger partial charge >= 0.3 is 0 Å². The van der Waals surface area contributed by atoms with Crippen LogP contribution in [0.4, 0.5) is 10.2 Å². The number of halogens is 1. The zero-order valence-corrected chi connectivity index (χ0v) is 18.7. The van der Waals surface area contributed by atoms with E-state index in [0.717, 1.165) is 29.7 Å². The van der Waals surface area contributed by atoms with Gasteiger partial charge in [-0.15, -0.1) is 0 Å². The van der Waals surface area contributed by atoms with E-state index in [-0.39, 0.29) is 23.4 Å². The third-order valence-corrected chi connectivity index (χ3v) is 7.96. The molecule has 1 atom stereocenters. The van der Waals surface area contributed by atoms with Crippen LogP contribution >= 0.6 is 0 Å². The van der Waals surface area contributed by atoms with Crippen molar-refractivity contribution < 1.29 is 17.6 Å². The van der Waals surface area contributed by atoms with Crippen molar-refractivity contribution in [1.82, 2.24) is 14.3 Å². The van der Waals surface area contributed by atoms with E-state index in [1.54, 1.807) is 24.0 Å². The normalized spacial score (nSPS) is 20.0. The van der Waals surface area contributed by atoms with Gasteiger partial charge in [-0.3, -0.25) is 9.69 Å². The van der Waals surface area contributed by atoms with E-state index in [1.807, 2.05) is 6.92 Å². The van der Waals surface area contributed by atoms with Crippen molar-refractivity contribution in [2.45, 2.75) is 52.0 Å². The van der Waals surface area contributed by atoms with Gasteiger partial charge in [-0.1, -0.05) is 12.1 Å². The number of carbonyl (C=O) groups excluding carboxylic acids is 1. The van der Waals surface area contributed by atoms with Gasteiger partial charge < -0.3 is 0 Å². The molecule has 2 aliphatic rings. The fourth-order valence-electron chi connectivity index (χ4n) is 4.31. The van der Waals surface area contributed by atoms with Gasteiger partial charge in [0, 0.05) is 36.7 Å². The van der Waals surface area contributed by atoms with Crippen LogP contribution in [0.5, 0.6) is 0 Å². The van der Waals surface area contributed by atoms with Crippen LogP contribution in [-0.2, 0) is 27.8 Å². The number of aromatic nitrogens is 2. The molecule has 7 nitrogen and oxygen atoms in total. The fraction of sp³-hybridized carbons (Fsp3) is 0.500. The molecule has 0 N–H and O–H groups in total. The second-order valence-corrected chi connectivity index (χ2v) is 10.4. The van der Waals surface area contributed by atoms with Crippen molar-refractivity contribution in [2.75, 3.05) is 23.7 Å². The maximum absolute atomic E-state index is 13.3. The van der Waals surface area contributed by atoms with Crippen LogP contribution in [0.15, 0.2) is 24.3 Å². The van der Waals surface area contributed by atoms with E-state index >= 15 is 0 Å². The van der Waals surface area contributed by atoms with Crippen LogP contribution in [0.25, 0.3) is 0 Å². The molecule has 0 radical (unpaired) electrons. The summed E-state index contributed by atoms with van der Waals surface area (Å²) in [4.78, 5) is 23.9. The molecule has 3 heterocycles. The number of hydrogen-bond donors (Lipinski definition) is 0. The second kappa shape index (κ2) is 8.63. The standard InChI is InChI=1S/C22H27FN4O3S/c1-3-31(29,30)26-12-4-5-17(14-26)21-24-15(2)19-10-11-20(28)27(22(19)25-21)13-16-6-8-18(23)9-7-16/h6-9,17H,3-5,10-14H2,1-2H3/t17-/m1/s1. The molecule has 166 valence electrons. The third-order valence-electron chi connectivity index (χ3n) is 6.12. The summed E-state index contributed by atoms with van der Waals surface area (Å²) in [6, 6.07) is 6.10. The lowest BCUT2D eigenvalue weighted by molar-refractivity contribution is -0.119. The van der Waals surface area contributed by atoms with Crippen LogP contribution < -0.4 is 4.90 Å². The Balaban J connectivity index is 1.67. The van der Waals surface area contributed by atoms with Crippen molar-refractivity contribution in [2.24, 2.45) is 0 Å². The van der Waals surface area contributed by atoms with Gasteiger partial charge in [-0.05, 0) is 50.8 Å². The highest BCUT2D eigenvalue weighted by Crippen LogP contribution is 2.33. The number of rotatable bonds is 5. The van der Waals surface area contributed by atoms with Gasteiger partial charge in [0.05, 0.1) is 12.3 Å². The minimum atomic E-state index is -3.27. The molecule has 0 unspecified atom stereocenters. The molecule has 2 aliphatic heterocycles. The molecule has 1 fully saturated rings. The number of benzene rings is 1. The molecule has 0 saturated carbocycles. The molecule has 9 heteroatoms. The minimum absolute atomic E-state index is 0.0280. The first-order valence-corrected chi connectivity index (χ1v) is 12.3. The molecule has 1 saturated heterocycles. The van der Waals surface area contributed by atoms with Crippen molar-refractivity contribution in [3.63, 3.8) is 0 Å². The third kappa shape index (κ3) is 4.48. The number of sulfonamides is 1. The summed E-state index contributed by atoms with van der Waals surface area (Å²) in [5.41, 5.74) is 2.59. The zero-order valence-electron chi connectivity index (χ0n) is 17.8. The van der Waals surface area contributed by atoms with E-state index in [4.69, 9.17) is 9.97 Å². The maximum Gasteiger partial charge on any atom is 0.228 e. The number of nitrogens with zero attached hydrogens (tertiary/aromatic N) is 4. The summed E-state index contributed by atoms with van der Waals surface area (Å²) < 4.78 is 39.5. The van der Waals surface area contributed by atoms with Crippen LogP contribution in [0.2, 0.25) is 0 Å². The molecule has 4 rings (SSSR count). The topological polar surface area (TPSA) is 83.5 Å². The van der Waals surface area contributed by atoms with E-state index < -0.39 is 10.0 Å². The van der Waals surface area contributed by atoms with E-state index in [2.05, 4.69) is 0 Å². The molecule has 0 bridgehead atoms. The first-order chi connectivity index (χ1) is 14.8. The number of carbonyl (C=O) groups is 1. The summed E-state index contributed by atoms with van der Waals surface area (Å²) in [5, 5.41) is 0. The van der Waals surface area contributed by atoms with Crippen LogP contribution in [0.1, 0.15) is 54.7 Å². The Morgan fingerprint density at radius 2 is 1.90 bits per heavy atom. The van der Waals surface area contributed by atoms with Gasteiger partial charge in [-0.2, -0.15) is 0 Å². The molecule has 1 aromatic heterocycles. The van der Waals surface area contributed by atoms with Crippen LogP contribution in [0.3, 0.4) is 0 Å². The van der Waals surface area contributed by atoms with Gasteiger partial charge in [0.15, 0.2) is 0 Å². The molecular formula is C22H27FN4O3S. The predicted molar refractivity (Wildman–Crippen MR) is 116 cm³/mol. The number of piperidine rings is 1. The average molecular weight is 447 g/mol. The molecule has 0 spiro atoms.